The van der Waals surface area contributed by atoms with Gasteiger partial charge in [0.1, 0.15) is 29.0 Å². The number of hydrazone groups is 1. The molecule has 1 aliphatic heterocycles. The summed E-state index contributed by atoms with van der Waals surface area (Å²) in [7, 11) is 4.61. The summed E-state index contributed by atoms with van der Waals surface area (Å²) in [6.45, 7) is 0. The summed E-state index contributed by atoms with van der Waals surface area (Å²) >= 11 is 0. The van der Waals surface area contributed by atoms with E-state index in [1.807, 2.05) is 0 Å². The van der Waals surface area contributed by atoms with E-state index >= 15 is 0 Å². The quantitative estimate of drug-likeness (QED) is 0.712. The number of hydrogen-bond acceptors (Lipinski definition) is 7. The number of nitrogens with zero attached hydrogens (tertiary/aromatic N) is 1. The minimum Gasteiger partial charge on any atom is -0.497 e. The first-order chi connectivity index (χ1) is 13.5. The monoisotopic (exact) mass is 383 g/mol. The van der Waals surface area contributed by atoms with Crippen molar-refractivity contribution in [1.29, 1.82) is 0 Å². The number of hydrogen-bond donors (Lipinski definition) is 2. The van der Waals surface area contributed by atoms with Crippen LogP contribution in [-0.2, 0) is 4.79 Å². The standard InChI is InChI=1S/C20H21N3O5/c1-26-13-6-4-12(5-7-13)19(24)16-11-17(23-22-16)20(25)21-15-10-14(27-2)8-9-18(15)28-3/h4-10,17,23H,11H2,1-3H3,(H,21,25). The van der Waals surface area contributed by atoms with Crippen molar-refractivity contribution in [1.82, 2.24) is 5.43 Å². The van der Waals surface area contributed by atoms with Gasteiger partial charge < -0.3 is 19.5 Å². The molecule has 8 nitrogen and oxygen atoms in total. The van der Waals surface area contributed by atoms with Gasteiger partial charge in [0.2, 0.25) is 11.7 Å². The molecule has 1 heterocycles. The molecule has 0 saturated heterocycles. The van der Waals surface area contributed by atoms with Crippen molar-refractivity contribution in [2.75, 3.05) is 26.6 Å². The summed E-state index contributed by atoms with van der Waals surface area (Å²) < 4.78 is 15.5. The lowest BCUT2D eigenvalue weighted by Crippen LogP contribution is -2.35. The lowest BCUT2D eigenvalue weighted by molar-refractivity contribution is -0.117. The van der Waals surface area contributed by atoms with Gasteiger partial charge >= 0.3 is 0 Å². The molecular formula is C20H21N3O5. The van der Waals surface area contributed by atoms with Crippen LogP contribution in [0.25, 0.3) is 0 Å². The number of nitrogens with one attached hydrogen (secondary N) is 2. The number of ketones is 1. The van der Waals surface area contributed by atoms with Crippen LogP contribution in [0.2, 0.25) is 0 Å². The number of Topliss-reactive ketones (excluding diaryl/α,β-unsaturated/α-hetero) is 1. The SMILES string of the molecule is COc1ccc(C(=O)C2=NNC(C(=O)Nc3cc(OC)ccc3OC)C2)cc1. The molecule has 2 aromatic carbocycles. The van der Waals surface area contributed by atoms with Gasteiger partial charge in [-0.2, -0.15) is 5.10 Å². The molecule has 0 spiro atoms. The Morgan fingerprint density at radius 2 is 1.68 bits per heavy atom. The number of methoxy groups -OCH3 is 3. The number of anilines is 1. The first kappa shape index (κ1) is 19.2. The molecule has 1 unspecified atom stereocenters. The maximum atomic E-state index is 12.6. The van der Waals surface area contributed by atoms with Crippen molar-refractivity contribution in [3.05, 3.63) is 48.0 Å². The minimum atomic E-state index is -0.659. The van der Waals surface area contributed by atoms with E-state index in [0.29, 0.717) is 34.2 Å². The maximum Gasteiger partial charge on any atom is 0.249 e. The highest BCUT2D eigenvalue weighted by Crippen LogP contribution is 2.29. The highest BCUT2D eigenvalue weighted by molar-refractivity contribution is 6.46. The van der Waals surface area contributed by atoms with Gasteiger partial charge in [-0.3, -0.25) is 15.0 Å². The van der Waals surface area contributed by atoms with Crippen molar-refractivity contribution in [2.24, 2.45) is 5.10 Å². The summed E-state index contributed by atoms with van der Waals surface area (Å²) in [5, 5.41) is 6.83. The van der Waals surface area contributed by atoms with Crippen molar-refractivity contribution < 1.29 is 23.8 Å². The first-order valence-corrected chi connectivity index (χ1v) is 8.59. The lowest BCUT2D eigenvalue weighted by atomic mass is 10.0. The second-order valence-electron chi connectivity index (χ2n) is 6.06. The minimum absolute atomic E-state index is 0.184. The summed E-state index contributed by atoms with van der Waals surface area (Å²) in [6, 6.07) is 11.2. The average Bonchev–Trinajstić information content (AvgIpc) is 3.23. The van der Waals surface area contributed by atoms with Gasteiger partial charge in [0, 0.05) is 18.1 Å². The van der Waals surface area contributed by atoms with Crippen molar-refractivity contribution in [3.8, 4) is 17.2 Å². The van der Waals surface area contributed by atoms with Crippen LogP contribution < -0.4 is 25.0 Å². The third kappa shape index (κ3) is 4.06. The molecule has 28 heavy (non-hydrogen) atoms. The van der Waals surface area contributed by atoms with Gasteiger partial charge in [0.05, 0.1) is 27.0 Å². The number of carbonyl (C=O) groups excluding carboxylic acids is 2. The van der Waals surface area contributed by atoms with E-state index in [2.05, 4.69) is 15.8 Å². The molecule has 0 bridgehead atoms. The van der Waals surface area contributed by atoms with E-state index in [1.165, 1.54) is 14.2 Å². The summed E-state index contributed by atoms with van der Waals surface area (Å²) in [6.07, 6.45) is 0.184. The van der Waals surface area contributed by atoms with Crippen molar-refractivity contribution in [3.63, 3.8) is 0 Å². The fraction of sp³-hybridized carbons (Fsp3) is 0.250. The Kier molecular flexibility index (Phi) is 5.78. The van der Waals surface area contributed by atoms with Crippen LogP contribution in [0.4, 0.5) is 5.69 Å². The average molecular weight is 383 g/mol. The van der Waals surface area contributed by atoms with E-state index in [0.717, 1.165) is 0 Å². The van der Waals surface area contributed by atoms with Crippen LogP contribution in [0.3, 0.4) is 0 Å². The molecule has 0 saturated carbocycles. The van der Waals surface area contributed by atoms with E-state index in [1.54, 1.807) is 49.6 Å². The zero-order valence-electron chi connectivity index (χ0n) is 15.8. The van der Waals surface area contributed by atoms with Gasteiger partial charge in [0.15, 0.2) is 0 Å². The summed E-state index contributed by atoms with van der Waals surface area (Å²) in [5.41, 5.74) is 3.98. The Hall–Kier alpha value is -3.55. The van der Waals surface area contributed by atoms with Gasteiger partial charge in [0.25, 0.3) is 0 Å². The lowest BCUT2D eigenvalue weighted by Gasteiger charge is -2.14. The summed E-state index contributed by atoms with van der Waals surface area (Å²) in [4.78, 5) is 25.2. The molecule has 2 aromatic rings. The second-order valence-corrected chi connectivity index (χ2v) is 6.06. The van der Waals surface area contributed by atoms with Crippen LogP contribution in [0.15, 0.2) is 47.6 Å². The Labute approximate surface area is 162 Å². The van der Waals surface area contributed by atoms with Crippen LogP contribution in [-0.4, -0.2) is 44.8 Å². The first-order valence-electron chi connectivity index (χ1n) is 8.59. The Bertz CT molecular complexity index is 909. The molecule has 146 valence electrons. The zero-order chi connectivity index (χ0) is 20.1. The van der Waals surface area contributed by atoms with Crippen LogP contribution in [0.1, 0.15) is 16.8 Å². The van der Waals surface area contributed by atoms with Gasteiger partial charge in [-0.25, -0.2) is 0 Å². The van der Waals surface area contributed by atoms with Gasteiger partial charge in [-0.05, 0) is 36.4 Å². The van der Waals surface area contributed by atoms with Crippen molar-refractivity contribution >= 4 is 23.1 Å². The molecule has 0 radical (unpaired) electrons. The van der Waals surface area contributed by atoms with Crippen LogP contribution in [0, 0.1) is 0 Å². The molecule has 1 aliphatic rings. The largest absolute Gasteiger partial charge is 0.497 e. The van der Waals surface area contributed by atoms with Crippen LogP contribution in [0.5, 0.6) is 17.2 Å². The van der Waals surface area contributed by atoms with Crippen LogP contribution >= 0.6 is 0 Å². The molecule has 0 aromatic heterocycles. The summed E-state index contributed by atoms with van der Waals surface area (Å²) in [5.74, 6) is 1.19. The van der Waals surface area contributed by atoms with E-state index in [9.17, 15) is 9.59 Å². The topological polar surface area (TPSA) is 98.2 Å². The third-order valence-corrected chi connectivity index (χ3v) is 4.35. The number of amides is 1. The van der Waals surface area contributed by atoms with Gasteiger partial charge in [-0.1, -0.05) is 0 Å². The fourth-order valence-corrected chi connectivity index (χ4v) is 2.78. The maximum absolute atomic E-state index is 12.6. The fourth-order valence-electron chi connectivity index (χ4n) is 2.78. The Morgan fingerprint density at radius 3 is 2.32 bits per heavy atom. The molecule has 3 rings (SSSR count). The number of carbonyl (C=O) groups is 2. The van der Waals surface area contributed by atoms with Gasteiger partial charge in [-0.15, -0.1) is 0 Å². The highest BCUT2D eigenvalue weighted by atomic mass is 16.5. The third-order valence-electron chi connectivity index (χ3n) is 4.35. The van der Waals surface area contributed by atoms with E-state index < -0.39 is 6.04 Å². The predicted molar refractivity (Wildman–Crippen MR) is 104 cm³/mol. The Balaban J connectivity index is 1.65. The van der Waals surface area contributed by atoms with E-state index in [4.69, 9.17) is 14.2 Å². The number of rotatable bonds is 7. The predicted octanol–water partition coefficient (Wildman–Crippen LogP) is 2.25. The zero-order valence-corrected chi connectivity index (χ0v) is 15.8. The molecule has 1 amide bonds. The smallest absolute Gasteiger partial charge is 0.249 e. The molecule has 1 atom stereocenters. The van der Waals surface area contributed by atoms with E-state index in [-0.39, 0.29) is 18.1 Å². The molecule has 2 N–H and O–H groups in total. The van der Waals surface area contributed by atoms with Crippen molar-refractivity contribution in [2.45, 2.75) is 12.5 Å². The molecule has 0 fully saturated rings. The normalized spacial score (nSPS) is 15.2. The second kappa shape index (κ2) is 8.43. The Morgan fingerprint density at radius 1 is 1.00 bits per heavy atom. The molecule has 8 heteroatoms. The highest BCUT2D eigenvalue weighted by Gasteiger charge is 2.30. The molecular weight excluding hydrogens is 362 g/mol. The molecule has 0 aliphatic carbocycles. The number of ether oxygens (including phenoxy) is 3. The number of benzene rings is 2.